The van der Waals surface area contributed by atoms with Gasteiger partial charge in [0.2, 0.25) is 0 Å². The summed E-state index contributed by atoms with van der Waals surface area (Å²) in [5, 5.41) is 4.26. The molecule has 1 saturated heterocycles. The zero-order chi connectivity index (χ0) is 10.9. The van der Waals surface area contributed by atoms with Crippen LogP contribution in [0.25, 0.3) is 0 Å². The molecule has 1 fully saturated rings. The summed E-state index contributed by atoms with van der Waals surface area (Å²) in [5.41, 5.74) is 0. The lowest BCUT2D eigenvalue weighted by atomic mass is 10.3. The Morgan fingerprint density at radius 1 is 1.67 bits per heavy atom. The van der Waals surface area contributed by atoms with Gasteiger partial charge >= 0.3 is 0 Å². The smallest absolute Gasteiger partial charge is 0.151 e. The van der Waals surface area contributed by atoms with Crippen LogP contribution < -0.4 is 5.32 Å². The third-order valence-electron chi connectivity index (χ3n) is 2.44. The minimum absolute atomic E-state index is 0.110. The molecule has 4 nitrogen and oxygen atoms in total. The minimum Gasteiger partial charge on any atom is -0.307 e. The van der Waals surface area contributed by atoms with Crippen molar-refractivity contribution in [1.29, 1.82) is 0 Å². The van der Waals surface area contributed by atoms with Gasteiger partial charge < -0.3 is 5.32 Å². The summed E-state index contributed by atoms with van der Waals surface area (Å²) in [4.78, 5) is 5.41. The number of thiazole rings is 1. The highest BCUT2D eigenvalue weighted by Gasteiger charge is 2.27. The summed E-state index contributed by atoms with van der Waals surface area (Å²) in [5.74, 6) is 0.596. The molecule has 1 aliphatic heterocycles. The molecule has 6 heteroatoms. The fourth-order valence-electron chi connectivity index (χ4n) is 1.67. The lowest BCUT2D eigenvalue weighted by Gasteiger charge is -2.07. The van der Waals surface area contributed by atoms with Gasteiger partial charge in [-0.15, -0.1) is 11.3 Å². The molecule has 2 heterocycles. The van der Waals surface area contributed by atoms with Crippen LogP contribution in [0, 0.1) is 6.92 Å². The molecule has 0 aromatic carbocycles. The van der Waals surface area contributed by atoms with Crippen LogP contribution in [0.15, 0.2) is 6.20 Å². The van der Waals surface area contributed by atoms with Gasteiger partial charge in [-0.05, 0) is 13.3 Å². The van der Waals surface area contributed by atoms with Crippen LogP contribution in [0.1, 0.15) is 16.3 Å². The number of nitrogens with one attached hydrogen (secondary N) is 1. The maximum Gasteiger partial charge on any atom is 0.151 e. The first-order chi connectivity index (χ1) is 7.05. The average Bonchev–Trinajstić information content (AvgIpc) is 2.69. The standard InChI is InChI=1S/C9H14N2O2S2/c1-7-4-11-9(14-7)5-10-8-2-3-15(12,13)6-8/h4,8,10H,2-3,5-6H2,1H3. The van der Waals surface area contributed by atoms with Crippen LogP contribution in [0.3, 0.4) is 0 Å². The highest BCUT2D eigenvalue weighted by Crippen LogP contribution is 2.14. The fraction of sp³-hybridized carbons (Fsp3) is 0.667. The maximum atomic E-state index is 11.2. The highest BCUT2D eigenvalue weighted by molar-refractivity contribution is 7.91. The Labute approximate surface area is 93.7 Å². The van der Waals surface area contributed by atoms with Crippen molar-refractivity contribution in [2.24, 2.45) is 0 Å². The Bertz CT molecular complexity index is 439. The number of aromatic nitrogens is 1. The monoisotopic (exact) mass is 246 g/mol. The second kappa shape index (κ2) is 4.19. The van der Waals surface area contributed by atoms with E-state index in [2.05, 4.69) is 10.3 Å². The normalized spacial score (nSPS) is 24.5. The lowest BCUT2D eigenvalue weighted by molar-refractivity contribution is 0.553. The second-order valence-corrected chi connectivity index (χ2v) is 7.39. The van der Waals surface area contributed by atoms with Gasteiger partial charge in [-0.1, -0.05) is 0 Å². The molecule has 1 N–H and O–H groups in total. The van der Waals surface area contributed by atoms with Crippen molar-refractivity contribution in [3.05, 3.63) is 16.1 Å². The number of rotatable bonds is 3. The lowest BCUT2D eigenvalue weighted by Crippen LogP contribution is -2.29. The van der Waals surface area contributed by atoms with Gasteiger partial charge in [0.25, 0.3) is 0 Å². The van der Waals surface area contributed by atoms with Crippen molar-refractivity contribution in [3.8, 4) is 0 Å². The zero-order valence-electron chi connectivity index (χ0n) is 8.56. The number of nitrogens with zero attached hydrogens (tertiary/aromatic N) is 1. The van der Waals surface area contributed by atoms with Crippen molar-refractivity contribution < 1.29 is 8.42 Å². The molecule has 84 valence electrons. The molecule has 1 atom stereocenters. The van der Waals surface area contributed by atoms with Crippen LogP contribution in [-0.4, -0.2) is 30.9 Å². The Kier molecular flexibility index (Phi) is 3.08. The number of hydrogen-bond acceptors (Lipinski definition) is 5. The largest absolute Gasteiger partial charge is 0.307 e. The van der Waals surface area contributed by atoms with Gasteiger partial charge in [-0.2, -0.15) is 0 Å². The molecule has 0 amide bonds. The minimum atomic E-state index is -2.77. The van der Waals surface area contributed by atoms with Crippen LogP contribution in [-0.2, 0) is 16.4 Å². The first-order valence-corrected chi connectivity index (χ1v) is 7.54. The molecule has 0 spiro atoms. The summed E-state index contributed by atoms with van der Waals surface area (Å²) in [6.07, 6.45) is 2.57. The highest BCUT2D eigenvalue weighted by atomic mass is 32.2. The van der Waals surface area contributed by atoms with E-state index in [4.69, 9.17) is 0 Å². The molecule has 0 aliphatic carbocycles. The van der Waals surface area contributed by atoms with E-state index in [0.717, 1.165) is 11.4 Å². The molecule has 2 rings (SSSR count). The van der Waals surface area contributed by atoms with Gasteiger partial charge in [-0.25, -0.2) is 13.4 Å². The number of aryl methyl sites for hydroxylation is 1. The van der Waals surface area contributed by atoms with E-state index in [1.54, 1.807) is 11.3 Å². The molecule has 1 aromatic rings. The molecule has 1 unspecified atom stereocenters. The van der Waals surface area contributed by atoms with Crippen LogP contribution >= 0.6 is 11.3 Å². The molecule has 1 aliphatic rings. The first kappa shape index (κ1) is 11.0. The van der Waals surface area contributed by atoms with Crippen LogP contribution in [0.5, 0.6) is 0 Å². The second-order valence-electron chi connectivity index (χ2n) is 3.85. The predicted molar refractivity (Wildman–Crippen MR) is 60.7 cm³/mol. The van der Waals surface area contributed by atoms with E-state index in [1.165, 1.54) is 4.88 Å². The SMILES string of the molecule is Cc1cnc(CNC2CCS(=O)(=O)C2)s1. The molecular formula is C9H14N2O2S2. The van der Waals surface area contributed by atoms with Crippen molar-refractivity contribution in [3.63, 3.8) is 0 Å². The zero-order valence-corrected chi connectivity index (χ0v) is 10.2. The number of sulfone groups is 1. The predicted octanol–water partition coefficient (Wildman–Crippen LogP) is 0.728. The summed E-state index contributed by atoms with van der Waals surface area (Å²) >= 11 is 1.65. The molecule has 0 radical (unpaired) electrons. The molecule has 0 bridgehead atoms. The van der Waals surface area contributed by atoms with E-state index < -0.39 is 9.84 Å². The summed E-state index contributed by atoms with van der Waals surface area (Å²) in [6.45, 7) is 2.69. The van der Waals surface area contributed by atoms with E-state index in [9.17, 15) is 8.42 Å². The van der Waals surface area contributed by atoms with Crippen LogP contribution in [0.2, 0.25) is 0 Å². The van der Waals surface area contributed by atoms with Gasteiger partial charge in [0.05, 0.1) is 11.5 Å². The van der Waals surface area contributed by atoms with Crippen molar-refractivity contribution in [2.45, 2.75) is 25.9 Å². The molecule has 0 saturated carbocycles. The van der Waals surface area contributed by atoms with E-state index >= 15 is 0 Å². The average molecular weight is 246 g/mol. The Morgan fingerprint density at radius 3 is 3.00 bits per heavy atom. The topological polar surface area (TPSA) is 59.1 Å². The van der Waals surface area contributed by atoms with Crippen LogP contribution in [0.4, 0.5) is 0 Å². The summed E-state index contributed by atoms with van der Waals surface area (Å²) in [6, 6.07) is 0.110. The van der Waals surface area contributed by atoms with E-state index in [1.807, 2.05) is 13.1 Å². The van der Waals surface area contributed by atoms with Gasteiger partial charge in [0.1, 0.15) is 5.01 Å². The summed E-state index contributed by atoms with van der Waals surface area (Å²) < 4.78 is 22.4. The van der Waals surface area contributed by atoms with E-state index in [-0.39, 0.29) is 11.8 Å². The Hall–Kier alpha value is -0.460. The molecular weight excluding hydrogens is 232 g/mol. The van der Waals surface area contributed by atoms with Crippen molar-refractivity contribution in [2.75, 3.05) is 11.5 Å². The van der Waals surface area contributed by atoms with Crippen molar-refractivity contribution >= 4 is 21.2 Å². The van der Waals surface area contributed by atoms with Gasteiger partial charge in [-0.3, -0.25) is 0 Å². The third kappa shape index (κ3) is 2.99. The molecule has 1 aromatic heterocycles. The van der Waals surface area contributed by atoms with E-state index in [0.29, 0.717) is 12.3 Å². The van der Waals surface area contributed by atoms with Crippen molar-refractivity contribution in [1.82, 2.24) is 10.3 Å². The summed E-state index contributed by atoms with van der Waals surface area (Å²) in [7, 11) is -2.77. The number of hydrogen-bond donors (Lipinski definition) is 1. The molecule has 15 heavy (non-hydrogen) atoms. The third-order valence-corrected chi connectivity index (χ3v) is 5.12. The Balaban J connectivity index is 1.85. The first-order valence-electron chi connectivity index (χ1n) is 4.90. The van der Waals surface area contributed by atoms with Gasteiger partial charge in [0.15, 0.2) is 9.84 Å². The quantitative estimate of drug-likeness (QED) is 0.854. The fourth-order valence-corrected chi connectivity index (χ4v) is 4.12. The van der Waals surface area contributed by atoms with Gasteiger partial charge in [0, 0.05) is 23.7 Å². The maximum absolute atomic E-state index is 11.2. The Morgan fingerprint density at radius 2 is 2.47 bits per heavy atom.